The third kappa shape index (κ3) is 2.35. The van der Waals surface area contributed by atoms with Crippen LogP contribution in [0.25, 0.3) is 0 Å². The first kappa shape index (κ1) is 10.3. The maximum atomic E-state index is 12.4. The minimum Gasteiger partial charge on any atom is -0.478 e. The van der Waals surface area contributed by atoms with Crippen molar-refractivity contribution in [2.24, 2.45) is 0 Å². The lowest BCUT2D eigenvalue weighted by Crippen LogP contribution is -2.08. The summed E-state index contributed by atoms with van der Waals surface area (Å²) in [7, 11) is 0. The summed E-state index contributed by atoms with van der Waals surface area (Å²) >= 11 is 0. The number of carboxylic acids is 1. The Hall–Kier alpha value is -1.79. The van der Waals surface area contributed by atoms with Crippen molar-refractivity contribution in [2.45, 2.75) is 6.61 Å². The van der Waals surface area contributed by atoms with Gasteiger partial charge in [-0.2, -0.15) is 13.2 Å². The molecule has 7 heteroatoms. The molecule has 0 aromatic carbocycles. The van der Waals surface area contributed by atoms with E-state index < -0.39 is 29.8 Å². The molecule has 0 radical (unpaired) electrons. The van der Waals surface area contributed by atoms with E-state index in [1.807, 2.05) is 0 Å². The second kappa shape index (κ2) is 3.95. The summed E-state index contributed by atoms with van der Waals surface area (Å²) in [5.74, 6) is -3.32. The Bertz CT molecular complexity index is 356. The molecule has 1 heterocycles. The van der Waals surface area contributed by atoms with Gasteiger partial charge in [-0.05, 0) is 0 Å². The number of ether oxygens (including phenoxy) is 1. The van der Waals surface area contributed by atoms with E-state index >= 15 is 0 Å². The van der Waals surface area contributed by atoms with Gasteiger partial charge < -0.3 is 9.84 Å². The number of carboxylic acid groups (broad SMARTS) is 1. The quantitative estimate of drug-likeness (QED) is 0.763. The van der Waals surface area contributed by atoms with E-state index in [2.05, 4.69) is 9.72 Å². The Morgan fingerprint density at radius 2 is 2.21 bits per heavy atom. The predicted molar refractivity (Wildman–Crippen MR) is 37.8 cm³/mol. The first-order valence-electron chi connectivity index (χ1n) is 3.34. The molecule has 1 aromatic rings. The molecule has 0 fully saturated rings. The number of pyridine rings is 1. The Morgan fingerprint density at radius 1 is 1.57 bits per heavy atom. The number of carbonyl (C=O) groups is 1. The van der Waals surface area contributed by atoms with Crippen LogP contribution >= 0.6 is 0 Å². The highest BCUT2D eigenvalue weighted by Crippen LogP contribution is 2.19. The summed E-state index contributed by atoms with van der Waals surface area (Å²) < 4.78 is 39.7. The molecule has 76 valence electrons. The van der Waals surface area contributed by atoms with Crippen molar-refractivity contribution < 1.29 is 27.8 Å². The van der Waals surface area contributed by atoms with Crippen molar-refractivity contribution in [1.29, 1.82) is 0 Å². The van der Waals surface area contributed by atoms with Gasteiger partial charge in [0, 0.05) is 6.07 Å². The number of nitrogens with zero attached hydrogens (tertiary/aromatic N) is 1. The van der Waals surface area contributed by atoms with Crippen LogP contribution in [-0.4, -0.2) is 22.7 Å². The van der Waals surface area contributed by atoms with Gasteiger partial charge >= 0.3 is 12.6 Å². The van der Waals surface area contributed by atoms with Crippen molar-refractivity contribution in [2.75, 3.05) is 0 Å². The summed E-state index contributed by atoms with van der Waals surface area (Å²) in [6.45, 7) is -3.18. The molecule has 4 nitrogen and oxygen atoms in total. The van der Waals surface area contributed by atoms with Gasteiger partial charge in [0.15, 0.2) is 5.75 Å². The van der Waals surface area contributed by atoms with Crippen molar-refractivity contribution >= 4 is 5.97 Å². The zero-order chi connectivity index (χ0) is 10.7. The van der Waals surface area contributed by atoms with E-state index in [1.54, 1.807) is 0 Å². The number of alkyl halides is 2. The molecule has 0 atom stereocenters. The standard InChI is InChI=1S/C7H4F3NO3/c8-5-1-3(6(12)13)4(2-11-5)14-7(9)10/h1-2,7H,(H,12,13). The fourth-order valence-corrected chi connectivity index (χ4v) is 0.774. The minimum absolute atomic E-state index is 0.500. The monoisotopic (exact) mass is 207 g/mol. The number of hydrogen-bond donors (Lipinski definition) is 1. The topological polar surface area (TPSA) is 59.4 Å². The van der Waals surface area contributed by atoms with Gasteiger partial charge in [0.05, 0.1) is 6.20 Å². The van der Waals surface area contributed by atoms with Gasteiger partial charge in [0.25, 0.3) is 0 Å². The minimum atomic E-state index is -3.18. The molecule has 0 aliphatic rings. The van der Waals surface area contributed by atoms with Gasteiger partial charge in [0.2, 0.25) is 5.95 Å². The number of hydrogen-bond acceptors (Lipinski definition) is 3. The lowest BCUT2D eigenvalue weighted by molar-refractivity contribution is -0.0506. The molecule has 0 spiro atoms. The summed E-state index contributed by atoms with van der Waals surface area (Å²) in [6, 6.07) is 0.500. The van der Waals surface area contributed by atoms with Crippen LogP contribution in [0.1, 0.15) is 10.4 Å². The summed E-state index contributed by atoms with van der Waals surface area (Å²) in [5.41, 5.74) is -0.696. The normalized spacial score (nSPS) is 10.3. The average Bonchev–Trinajstić information content (AvgIpc) is 2.07. The Kier molecular flexibility index (Phi) is 2.90. The number of aromatic nitrogens is 1. The highest BCUT2D eigenvalue weighted by molar-refractivity contribution is 5.90. The molecular weight excluding hydrogens is 203 g/mol. The van der Waals surface area contributed by atoms with Crippen LogP contribution in [-0.2, 0) is 0 Å². The highest BCUT2D eigenvalue weighted by Gasteiger charge is 2.16. The Morgan fingerprint density at radius 3 is 2.71 bits per heavy atom. The zero-order valence-corrected chi connectivity index (χ0v) is 6.58. The molecule has 1 aromatic heterocycles. The third-order valence-corrected chi connectivity index (χ3v) is 1.28. The Balaban J connectivity index is 3.08. The van der Waals surface area contributed by atoms with Crippen LogP contribution in [0.2, 0.25) is 0 Å². The summed E-state index contributed by atoms with van der Waals surface area (Å²) in [5, 5.41) is 8.48. The maximum Gasteiger partial charge on any atom is 0.387 e. The maximum absolute atomic E-state index is 12.4. The second-order valence-electron chi connectivity index (χ2n) is 2.19. The fourth-order valence-electron chi connectivity index (χ4n) is 0.774. The molecule has 0 unspecified atom stereocenters. The van der Waals surface area contributed by atoms with Gasteiger partial charge in [-0.25, -0.2) is 9.78 Å². The number of rotatable bonds is 3. The van der Waals surface area contributed by atoms with Crippen molar-refractivity contribution in [3.05, 3.63) is 23.8 Å². The first-order chi connectivity index (χ1) is 6.50. The molecule has 0 bridgehead atoms. The van der Waals surface area contributed by atoms with Crippen molar-refractivity contribution in [1.82, 2.24) is 4.98 Å². The van der Waals surface area contributed by atoms with Crippen molar-refractivity contribution in [3.63, 3.8) is 0 Å². The van der Waals surface area contributed by atoms with Crippen LogP contribution < -0.4 is 4.74 Å². The second-order valence-corrected chi connectivity index (χ2v) is 2.19. The van der Waals surface area contributed by atoms with Crippen molar-refractivity contribution in [3.8, 4) is 5.75 Å². The molecular formula is C7H4F3NO3. The van der Waals surface area contributed by atoms with Crippen LogP contribution in [0, 0.1) is 5.95 Å². The smallest absolute Gasteiger partial charge is 0.387 e. The molecule has 0 aliphatic carbocycles. The molecule has 1 N–H and O–H groups in total. The molecule has 0 aliphatic heterocycles. The average molecular weight is 207 g/mol. The largest absolute Gasteiger partial charge is 0.478 e. The predicted octanol–water partition coefficient (Wildman–Crippen LogP) is 1.52. The lowest BCUT2D eigenvalue weighted by atomic mass is 10.2. The Labute approximate surface area is 75.9 Å². The molecule has 0 amide bonds. The third-order valence-electron chi connectivity index (χ3n) is 1.28. The molecule has 1 rings (SSSR count). The van der Waals surface area contributed by atoms with E-state index in [0.717, 1.165) is 0 Å². The SMILES string of the molecule is O=C(O)c1cc(F)ncc1OC(F)F. The zero-order valence-electron chi connectivity index (χ0n) is 6.58. The van der Waals surface area contributed by atoms with Gasteiger partial charge in [-0.1, -0.05) is 0 Å². The first-order valence-corrected chi connectivity index (χ1v) is 3.34. The lowest BCUT2D eigenvalue weighted by Gasteiger charge is -2.06. The summed E-state index contributed by atoms with van der Waals surface area (Å²) in [6.07, 6.45) is 0.588. The van der Waals surface area contributed by atoms with Crippen LogP contribution in [0.4, 0.5) is 13.2 Å². The van der Waals surface area contributed by atoms with E-state index in [1.165, 1.54) is 0 Å². The van der Waals surface area contributed by atoms with Crippen LogP contribution in [0.5, 0.6) is 5.75 Å². The van der Waals surface area contributed by atoms with Gasteiger partial charge in [0.1, 0.15) is 5.56 Å². The fraction of sp³-hybridized carbons (Fsp3) is 0.143. The van der Waals surface area contributed by atoms with Crippen LogP contribution in [0.15, 0.2) is 12.3 Å². The van der Waals surface area contributed by atoms with Crippen LogP contribution in [0.3, 0.4) is 0 Å². The van der Waals surface area contributed by atoms with Gasteiger partial charge in [-0.15, -0.1) is 0 Å². The van der Waals surface area contributed by atoms with E-state index in [-0.39, 0.29) is 0 Å². The van der Waals surface area contributed by atoms with E-state index in [0.29, 0.717) is 12.3 Å². The number of halogens is 3. The molecule has 0 saturated carbocycles. The highest BCUT2D eigenvalue weighted by atomic mass is 19.3. The summed E-state index contributed by atoms with van der Waals surface area (Å²) in [4.78, 5) is 13.4. The molecule has 14 heavy (non-hydrogen) atoms. The van der Waals surface area contributed by atoms with Gasteiger partial charge in [-0.3, -0.25) is 0 Å². The molecule has 0 saturated heterocycles. The van der Waals surface area contributed by atoms with E-state index in [9.17, 15) is 18.0 Å². The van der Waals surface area contributed by atoms with E-state index in [4.69, 9.17) is 5.11 Å². The number of aromatic carboxylic acids is 1.